The van der Waals surface area contributed by atoms with E-state index in [1.807, 2.05) is 13.8 Å². The molecule has 22 heavy (non-hydrogen) atoms. The van der Waals surface area contributed by atoms with Gasteiger partial charge in [0.15, 0.2) is 0 Å². The van der Waals surface area contributed by atoms with Crippen LogP contribution in [0.15, 0.2) is 24.3 Å². The molecule has 3 atom stereocenters. The molecule has 0 amide bonds. The maximum Gasteiger partial charge on any atom is 0.0726 e. The predicted molar refractivity (Wildman–Crippen MR) is 91.2 cm³/mol. The van der Waals surface area contributed by atoms with E-state index in [9.17, 15) is 5.11 Å². The summed E-state index contributed by atoms with van der Waals surface area (Å²) in [6, 6.07) is 8.51. The first-order valence-electron chi connectivity index (χ1n) is 8.34. The van der Waals surface area contributed by atoms with Gasteiger partial charge in [0.2, 0.25) is 0 Å². The Balaban J connectivity index is 2.00. The first-order valence-corrected chi connectivity index (χ1v) is 8.34. The summed E-state index contributed by atoms with van der Waals surface area (Å²) in [7, 11) is 0. The van der Waals surface area contributed by atoms with Crippen molar-refractivity contribution in [3.63, 3.8) is 0 Å². The first-order chi connectivity index (χ1) is 10.5. The van der Waals surface area contributed by atoms with Crippen molar-refractivity contribution in [3.8, 4) is 0 Å². The number of benzene rings is 1. The van der Waals surface area contributed by atoms with Crippen molar-refractivity contribution >= 4 is 5.69 Å². The Bertz CT molecular complexity index is 454. The second-order valence-corrected chi connectivity index (χ2v) is 6.73. The van der Waals surface area contributed by atoms with Crippen LogP contribution in [0.1, 0.15) is 33.3 Å². The number of hydrogen-bond donors (Lipinski definition) is 2. The minimum absolute atomic E-state index is 0.257. The fourth-order valence-electron chi connectivity index (χ4n) is 2.93. The summed E-state index contributed by atoms with van der Waals surface area (Å²) in [6.07, 6.45) is 0.218. The molecule has 3 unspecified atom stereocenters. The zero-order valence-electron chi connectivity index (χ0n) is 14.2. The molecule has 1 saturated heterocycles. The van der Waals surface area contributed by atoms with E-state index in [-0.39, 0.29) is 24.2 Å². The smallest absolute Gasteiger partial charge is 0.0726 e. The Morgan fingerprint density at radius 2 is 1.86 bits per heavy atom. The van der Waals surface area contributed by atoms with E-state index < -0.39 is 0 Å². The molecule has 1 fully saturated rings. The zero-order chi connectivity index (χ0) is 16.1. The van der Waals surface area contributed by atoms with E-state index in [0.717, 1.165) is 19.6 Å². The second kappa shape index (κ2) is 7.95. The highest BCUT2D eigenvalue weighted by atomic mass is 16.5. The van der Waals surface area contributed by atoms with E-state index in [1.54, 1.807) is 0 Å². The fourth-order valence-corrected chi connectivity index (χ4v) is 2.93. The topological polar surface area (TPSA) is 44.7 Å². The van der Waals surface area contributed by atoms with Crippen LogP contribution in [-0.4, -0.2) is 43.1 Å². The van der Waals surface area contributed by atoms with Crippen molar-refractivity contribution in [2.45, 2.75) is 52.6 Å². The quantitative estimate of drug-likeness (QED) is 0.847. The van der Waals surface area contributed by atoms with E-state index in [2.05, 4.69) is 48.3 Å². The van der Waals surface area contributed by atoms with Gasteiger partial charge in [-0.25, -0.2) is 0 Å². The number of nitrogens with one attached hydrogen (secondary N) is 1. The highest BCUT2D eigenvalue weighted by Crippen LogP contribution is 2.24. The average molecular weight is 306 g/mol. The molecule has 4 nitrogen and oxygen atoms in total. The number of aliphatic hydroxyl groups is 1. The molecule has 0 bridgehead atoms. The maximum atomic E-state index is 9.90. The number of nitrogens with zero attached hydrogens (tertiary/aromatic N) is 1. The van der Waals surface area contributed by atoms with E-state index in [1.165, 1.54) is 11.3 Å². The SMILES string of the molecule is CC1CN(c2ccccc2CNCC(O)C(C)C)CC(C)O1. The van der Waals surface area contributed by atoms with E-state index in [4.69, 9.17) is 4.74 Å². The number of hydrogen-bond acceptors (Lipinski definition) is 4. The van der Waals surface area contributed by atoms with Gasteiger partial charge in [-0.05, 0) is 31.4 Å². The lowest BCUT2D eigenvalue weighted by atomic mass is 10.1. The highest BCUT2D eigenvalue weighted by Gasteiger charge is 2.23. The number of morpholine rings is 1. The third kappa shape index (κ3) is 4.70. The van der Waals surface area contributed by atoms with Crippen LogP contribution in [0.3, 0.4) is 0 Å². The highest BCUT2D eigenvalue weighted by molar-refractivity contribution is 5.54. The molecule has 1 heterocycles. The Hall–Kier alpha value is -1.10. The molecule has 124 valence electrons. The van der Waals surface area contributed by atoms with Crippen LogP contribution >= 0.6 is 0 Å². The molecule has 1 aliphatic rings. The van der Waals surface area contributed by atoms with Gasteiger partial charge >= 0.3 is 0 Å². The summed E-state index contributed by atoms with van der Waals surface area (Å²) < 4.78 is 5.83. The number of rotatable bonds is 6. The van der Waals surface area contributed by atoms with E-state index in [0.29, 0.717) is 6.54 Å². The summed E-state index contributed by atoms with van der Waals surface area (Å²) >= 11 is 0. The molecule has 4 heteroatoms. The number of anilines is 1. The Morgan fingerprint density at radius 3 is 2.50 bits per heavy atom. The minimum Gasteiger partial charge on any atom is -0.392 e. The van der Waals surface area contributed by atoms with Gasteiger partial charge in [-0.15, -0.1) is 0 Å². The Morgan fingerprint density at radius 1 is 1.23 bits per heavy atom. The molecule has 0 spiro atoms. The van der Waals surface area contributed by atoms with Crippen LogP contribution in [0.25, 0.3) is 0 Å². The molecule has 0 aromatic heterocycles. The summed E-state index contributed by atoms with van der Waals surface area (Å²) in [5.41, 5.74) is 2.55. The van der Waals surface area contributed by atoms with Crippen molar-refractivity contribution in [1.82, 2.24) is 5.32 Å². The van der Waals surface area contributed by atoms with Gasteiger partial charge in [0.25, 0.3) is 0 Å². The van der Waals surface area contributed by atoms with Gasteiger partial charge in [0.1, 0.15) is 0 Å². The van der Waals surface area contributed by atoms with Crippen molar-refractivity contribution < 1.29 is 9.84 Å². The first kappa shape index (κ1) is 17.3. The molecular weight excluding hydrogens is 276 g/mol. The van der Waals surface area contributed by atoms with Crippen LogP contribution in [0.4, 0.5) is 5.69 Å². The third-order valence-electron chi connectivity index (χ3n) is 4.19. The lowest BCUT2D eigenvalue weighted by Gasteiger charge is -2.37. The number of aliphatic hydroxyl groups excluding tert-OH is 1. The van der Waals surface area contributed by atoms with Crippen LogP contribution < -0.4 is 10.2 Å². The monoisotopic (exact) mass is 306 g/mol. The normalized spacial score (nSPS) is 23.8. The summed E-state index contributed by atoms with van der Waals surface area (Å²) in [4.78, 5) is 2.41. The van der Waals surface area contributed by atoms with Gasteiger partial charge in [-0.3, -0.25) is 0 Å². The largest absolute Gasteiger partial charge is 0.392 e. The van der Waals surface area contributed by atoms with Crippen molar-refractivity contribution in [2.24, 2.45) is 5.92 Å². The molecule has 1 aromatic carbocycles. The lowest BCUT2D eigenvalue weighted by molar-refractivity contribution is -0.00526. The van der Waals surface area contributed by atoms with Gasteiger partial charge in [0.05, 0.1) is 18.3 Å². The third-order valence-corrected chi connectivity index (χ3v) is 4.19. The van der Waals surface area contributed by atoms with Crippen molar-refractivity contribution in [2.75, 3.05) is 24.5 Å². The van der Waals surface area contributed by atoms with Crippen molar-refractivity contribution in [1.29, 1.82) is 0 Å². The molecule has 2 rings (SSSR count). The molecule has 0 radical (unpaired) electrons. The van der Waals surface area contributed by atoms with Gasteiger partial charge in [-0.1, -0.05) is 32.0 Å². The zero-order valence-corrected chi connectivity index (χ0v) is 14.2. The molecule has 2 N–H and O–H groups in total. The standard InChI is InChI=1S/C18H30N2O2/c1-13(2)18(21)10-19-9-16-7-5-6-8-17(16)20-11-14(3)22-15(4)12-20/h5-8,13-15,18-19,21H,9-12H2,1-4H3. The molecule has 0 saturated carbocycles. The lowest BCUT2D eigenvalue weighted by Crippen LogP contribution is -2.46. The predicted octanol–water partition coefficient (Wildman–Crippen LogP) is 2.41. The molecular formula is C18H30N2O2. The molecule has 1 aliphatic heterocycles. The van der Waals surface area contributed by atoms with E-state index >= 15 is 0 Å². The van der Waals surface area contributed by atoms with Crippen LogP contribution in [0.5, 0.6) is 0 Å². The average Bonchev–Trinajstić information content (AvgIpc) is 2.46. The van der Waals surface area contributed by atoms with Gasteiger partial charge in [0, 0.05) is 31.9 Å². The Labute approximate surface area is 134 Å². The second-order valence-electron chi connectivity index (χ2n) is 6.73. The van der Waals surface area contributed by atoms with Crippen LogP contribution in [0.2, 0.25) is 0 Å². The fraction of sp³-hybridized carbons (Fsp3) is 0.667. The molecule has 0 aliphatic carbocycles. The maximum absolute atomic E-state index is 9.90. The van der Waals surface area contributed by atoms with Crippen molar-refractivity contribution in [3.05, 3.63) is 29.8 Å². The summed E-state index contributed by atoms with van der Waals surface area (Å²) in [5.74, 6) is 0.281. The summed E-state index contributed by atoms with van der Waals surface area (Å²) in [6.45, 7) is 11.6. The molecule has 1 aromatic rings. The van der Waals surface area contributed by atoms with Crippen LogP contribution in [0, 0.1) is 5.92 Å². The summed E-state index contributed by atoms with van der Waals surface area (Å²) in [5, 5.41) is 13.3. The number of ether oxygens (including phenoxy) is 1. The van der Waals surface area contributed by atoms with Crippen LogP contribution in [-0.2, 0) is 11.3 Å². The minimum atomic E-state index is -0.296. The van der Waals surface area contributed by atoms with Gasteiger partial charge in [-0.2, -0.15) is 0 Å². The van der Waals surface area contributed by atoms with Gasteiger partial charge < -0.3 is 20.1 Å². The Kier molecular flexibility index (Phi) is 6.24. The number of para-hydroxylation sites is 1.